The summed E-state index contributed by atoms with van der Waals surface area (Å²) in [7, 11) is 0. The molecule has 0 atom stereocenters. The zero-order chi connectivity index (χ0) is 20.1. The molecule has 0 radical (unpaired) electrons. The number of halogens is 1. The standard InChI is InChI=1S/C21H17ClN4O2S/c22-18-9-5-4-6-16(18)11-26-14-23-21(25-26)24-20(27)19-10-15(13-29-19)12-28-17-7-2-1-3-8-17/h1-10,13-14H,11-12H2,(H,24,25,27). The van der Waals surface area contributed by atoms with Gasteiger partial charge in [0.25, 0.3) is 5.91 Å². The van der Waals surface area contributed by atoms with Crippen molar-refractivity contribution in [2.24, 2.45) is 0 Å². The van der Waals surface area contributed by atoms with Crippen molar-refractivity contribution in [3.8, 4) is 5.75 Å². The number of para-hydroxylation sites is 1. The Kier molecular flexibility index (Phi) is 5.88. The number of rotatable bonds is 7. The van der Waals surface area contributed by atoms with Crippen molar-refractivity contribution in [2.75, 3.05) is 5.32 Å². The Morgan fingerprint density at radius 3 is 2.76 bits per heavy atom. The number of benzene rings is 2. The highest BCUT2D eigenvalue weighted by molar-refractivity contribution is 7.12. The van der Waals surface area contributed by atoms with E-state index in [-0.39, 0.29) is 11.9 Å². The van der Waals surface area contributed by atoms with Gasteiger partial charge < -0.3 is 4.74 Å². The SMILES string of the molecule is O=C(Nc1ncn(Cc2ccccc2Cl)n1)c1cc(COc2ccccc2)cs1. The smallest absolute Gasteiger partial charge is 0.268 e. The van der Waals surface area contributed by atoms with Gasteiger partial charge in [0.05, 0.1) is 11.4 Å². The first-order valence-corrected chi connectivity index (χ1v) is 10.1. The van der Waals surface area contributed by atoms with Gasteiger partial charge in [-0.1, -0.05) is 48.0 Å². The van der Waals surface area contributed by atoms with Crippen LogP contribution in [0.15, 0.2) is 72.4 Å². The van der Waals surface area contributed by atoms with Gasteiger partial charge in [-0.25, -0.2) is 9.67 Å². The van der Waals surface area contributed by atoms with Gasteiger partial charge in [-0.05, 0) is 35.2 Å². The highest BCUT2D eigenvalue weighted by Gasteiger charge is 2.13. The summed E-state index contributed by atoms with van der Waals surface area (Å²) in [4.78, 5) is 17.2. The molecule has 4 rings (SSSR count). The van der Waals surface area contributed by atoms with Crippen LogP contribution < -0.4 is 10.1 Å². The third-order valence-corrected chi connectivity index (χ3v) is 5.42. The number of amides is 1. The van der Waals surface area contributed by atoms with Crippen molar-refractivity contribution < 1.29 is 9.53 Å². The van der Waals surface area contributed by atoms with Crippen LogP contribution in [0.5, 0.6) is 5.75 Å². The zero-order valence-corrected chi connectivity index (χ0v) is 16.9. The predicted octanol–water partition coefficient (Wildman–Crippen LogP) is 4.87. The molecule has 0 aliphatic heterocycles. The number of aromatic nitrogens is 3. The van der Waals surface area contributed by atoms with Gasteiger partial charge in [0, 0.05) is 10.6 Å². The van der Waals surface area contributed by atoms with E-state index in [1.807, 2.05) is 66.0 Å². The van der Waals surface area contributed by atoms with E-state index in [1.54, 1.807) is 11.0 Å². The molecule has 0 unspecified atom stereocenters. The number of carbonyl (C=O) groups is 1. The van der Waals surface area contributed by atoms with Crippen LogP contribution in [0.3, 0.4) is 0 Å². The van der Waals surface area contributed by atoms with E-state index in [0.29, 0.717) is 23.1 Å². The summed E-state index contributed by atoms with van der Waals surface area (Å²) in [5.41, 5.74) is 1.86. The van der Waals surface area contributed by atoms with Crippen LogP contribution in [0.25, 0.3) is 0 Å². The lowest BCUT2D eigenvalue weighted by Gasteiger charge is -2.03. The van der Waals surface area contributed by atoms with Crippen LogP contribution in [0, 0.1) is 0 Å². The number of nitrogens with zero attached hydrogens (tertiary/aromatic N) is 3. The van der Waals surface area contributed by atoms with Gasteiger partial charge in [0.2, 0.25) is 5.95 Å². The molecule has 0 aliphatic carbocycles. The molecule has 8 heteroatoms. The lowest BCUT2D eigenvalue weighted by molar-refractivity contribution is 0.102. The van der Waals surface area contributed by atoms with E-state index in [2.05, 4.69) is 15.4 Å². The van der Waals surface area contributed by atoms with Crippen LogP contribution in [-0.4, -0.2) is 20.7 Å². The molecule has 0 fully saturated rings. The van der Waals surface area contributed by atoms with Crippen LogP contribution in [0.1, 0.15) is 20.8 Å². The topological polar surface area (TPSA) is 69.0 Å². The summed E-state index contributed by atoms with van der Waals surface area (Å²) >= 11 is 7.52. The predicted molar refractivity (Wildman–Crippen MR) is 114 cm³/mol. The highest BCUT2D eigenvalue weighted by Crippen LogP contribution is 2.19. The highest BCUT2D eigenvalue weighted by atomic mass is 35.5. The molecule has 2 aromatic carbocycles. The fraction of sp³-hybridized carbons (Fsp3) is 0.0952. The molecule has 0 spiro atoms. The maximum absolute atomic E-state index is 12.5. The number of hydrogen-bond donors (Lipinski definition) is 1. The van der Waals surface area contributed by atoms with Gasteiger partial charge in [0.1, 0.15) is 18.7 Å². The van der Waals surface area contributed by atoms with Gasteiger partial charge >= 0.3 is 0 Å². The van der Waals surface area contributed by atoms with Crippen molar-refractivity contribution in [1.82, 2.24) is 14.8 Å². The summed E-state index contributed by atoms with van der Waals surface area (Å²) in [5.74, 6) is 0.784. The van der Waals surface area contributed by atoms with Crippen molar-refractivity contribution in [1.29, 1.82) is 0 Å². The number of carbonyl (C=O) groups excluding carboxylic acids is 1. The number of thiophene rings is 1. The van der Waals surface area contributed by atoms with E-state index in [9.17, 15) is 4.79 Å². The number of hydrogen-bond acceptors (Lipinski definition) is 5. The second kappa shape index (κ2) is 8.89. The third-order valence-electron chi connectivity index (χ3n) is 4.08. The van der Waals surface area contributed by atoms with Crippen LogP contribution >= 0.6 is 22.9 Å². The Morgan fingerprint density at radius 2 is 1.93 bits per heavy atom. The number of nitrogens with one attached hydrogen (secondary N) is 1. The average molecular weight is 425 g/mol. The molecule has 2 aromatic heterocycles. The maximum Gasteiger partial charge on any atom is 0.268 e. The zero-order valence-electron chi connectivity index (χ0n) is 15.3. The average Bonchev–Trinajstić information content (AvgIpc) is 3.39. The minimum Gasteiger partial charge on any atom is -0.489 e. The summed E-state index contributed by atoms with van der Waals surface area (Å²) < 4.78 is 7.34. The Bertz CT molecular complexity index is 1110. The molecule has 1 N–H and O–H groups in total. The lowest BCUT2D eigenvalue weighted by atomic mass is 10.2. The maximum atomic E-state index is 12.5. The Hall–Kier alpha value is -3.16. The molecular formula is C21H17ClN4O2S. The quantitative estimate of drug-likeness (QED) is 0.459. The van der Waals surface area contributed by atoms with Gasteiger partial charge in [-0.15, -0.1) is 16.4 Å². The minimum absolute atomic E-state index is 0.248. The first-order chi connectivity index (χ1) is 14.2. The molecule has 0 aliphatic rings. The molecule has 0 saturated carbocycles. The second-order valence-electron chi connectivity index (χ2n) is 6.23. The fourth-order valence-corrected chi connectivity index (χ4v) is 3.63. The van der Waals surface area contributed by atoms with E-state index in [0.717, 1.165) is 16.9 Å². The Labute approximate surface area is 176 Å². The van der Waals surface area contributed by atoms with E-state index in [4.69, 9.17) is 16.3 Å². The lowest BCUT2D eigenvalue weighted by Crippen LogP contribution is -2.12. The summed E-state index contributed by atoms with van der Waals surface area (Å²) in [6, 6.07) is 18.9. The van der Waals surface area contributed by atoms with E-state index >= 15 is 0 Å². The molecule has 0 saturated heterocycles. The monoisotopic (exact) mass is 424 g/mol. The molecule has 0 bridgehead atoms. The second-order valence-corrected chi connectivity index (χ2v) is 7.55. The summed E-state index contributed by atoms with van der Waals surface area (Å²) in [6.07, 6.45) is 1.56. The van der Waals surface area contributed by atoms with Crippen molar-refractivity contribution >= 4 is 34.8 Å². The first-order valence-electron chi connectivity index (χ1n) is 8.87. The normalized spacial score (nSPS) is 10.7. The Balaban J connectivity index is 1.34. The van der Waals surface area contributed by atoms with Crippen molar-refractivity contribution in [3.63, 3.8) is 0 Å². The van der Waals surface area contributed by atoms with Crippen molar-refractivity contribution in [2.45, 2.75) is 13.2 Å². The van der Waals surface area contributed by atoms with Crippen LogP contribution in [0.4, 0.5) is 5.95 Å². The molecule has 29 heavy (non-hydrogen) atoms. The van der Waals surface area contributed by atoms with Crippen LogP contribution in [-0.2, 0) is 13.2 Å². The minimum atomic E-state index is -0.253. The Morgan fingerprint density at radius 1 is 1.14 bits per heavy atom. The molecule has 1 amide bonds. The third kappa shape index (κ3) is 5.01. The molecular weight excluding hydrogens is 408 g/mol. The van der Waals surface area contributed by atoms with Crippen LogP contribution in [0.2, 0.25) is 5.02 Å². The largest absolute Gasteiger partial charge is 0.489 e. The molecule has 2 heterocycles. The summed E-state index contributed by atoms with van der Waals surface area (Å²) in [5, 5.41) is 9.58. The van der Waals surface area contributed by atoms with Crippen molar-refractivity contribution in [3.05, 3.63) is 93.4 Å². The fourth-order valence-electron chi connectivity index (χ4n) is 2.65. The molecule has 146 valence electrons. The number of ether oxygens (including phenoxy) is 1. The van der Waals surface area contributed by atoms with Gasteiger partial charge in [-0.3, -0.25) is 10.1 Å². The first kappa shape index (κ1) is 19.2. The summed E-state index contributed by atoms with van der Waals surface area (Å²) in [6.45, 7) is 0.876. The van der Waals surface area contributed by atoms with Gasteiger partial charge in [0.15, 0.2) is 0 Å². The van der Waals surface area contributed by atoms with Gasteiger partial charge in [-0.2, -0.15) is 0 Å². The molecule has 6 nitrogen and oxygen atoms in total. The van der Waals surface area contributed by atoms with E-state index < -0.39 is 0 Å². The van der Waals surface area contributed by atoms with E-state index in [1.165, 1.54) is 11.3 Å². The number of anilines is 1. The molecule has 4 aromatic rings.